The molecule has 1 rings (SSSR count). The second-order valence-electron chi connectivity index (χ2n) is 4.43. The first-order valence-corrected chi connectivity index (χ1v) is 5.91. The third-order valence-electron chi connectivity index (χ3n) is 3.43. The van der Waals surface area contributed by atoms with E-state index in [2.05, 4.69) is 0 Å². The fourth-order valence-corrected chi connectivity index (χ4v) is 2.45. The monoisotopic (exact) mass is 230 g/mol. The molecule has 1 fully saturated rings. The molecule has 0 heterocycles. The highest BCUT2D eigenvalue weighted by Crippen LogP contribution is 2.38. The lowest BCUT2D eigenvalue weighted by atomic mass is 9.84. The van der Waals surface area contributed by atoms with Gasteiger partial charge < -0.3 is 20.8 Å². The molecule has 0 saturated heterocycles. The summed E-state index contributed by atoms with van der Waals surface area (Å²) in [4.78, 5) is 13.8. The average Bonchev–Trinajstić information content (AvgIpc) is 2.77. The maximum atomic E-state index is 12.3. The molecule has 0 bridgehead atoms. The largest absolute Gasteiger partial charge is 0.395 e. The van der Waals surface area contributed by atoms with Gasteiger partial charge in [0.15, 0.2) is 0 Å². The molecule has 0 aromatic rings. The van der Waals surface area contributed by atoms with Crippen LogP contribution in [0.4, 0.5) is 0 Å². The molecule has 0 aromatic heterocycles. The van der Waals surface area contributed by atoms with Crippen molar-refractivity contribution in [1.82, 2.24) is 4.90 Å². The molecule has 94 valence electrons. The van der Waals surface area contributed by atoms with E-state index in [4.69, 9.17) is 15.9 Å². The third kappa shape index (κ3) is 2.72. The number of carbonyl (C=O) groups is 1. The number of amides is 1. The predicted molar refractivity (Wildman–Crippen MR) is 60.7 cm³/mol. The number of nitrogens with two attached hydrogens (primary N) is 1. The summed E-state index contributed by atoms with van der Waals surface area (Å²) in [6, 6.07) is 0. The summed E-state index contributed by atoms with van der Waals surface area (Å²) >= 11 is 0. The van der Waals surface area contributed by atoms with Gasteiger partial charge in [0.1, 0.15) is 0 Å². The van der Waals surface area contributed by atoms with Crippen LogP contribution in [0.2, 0.25) is 0 Å². The van der Waals surface area contributed by atoms with Gasteiger partial charge in [-0.1, -0.05) is 12.8 Å². The van der Waals surface area contributed by atoms with E-state index in [1.165, 1.54) is 4.90 Å². The Morgan fingerprint density at radius 1 is 1.19 bits per heavy atom. The summed E-state index contributed by atoms with van der Waals surface area (Å²) in [5.74, 6) is -0.00407. The van der Waals surface area contributed by atoms with E-state index in [1.807, 2.05) is 0 Å². The zero-order chi connectivity index (χ0) is 12.0. The molecule has 1 amide bonds. The molecular formula is C11H22N2O3. The summed E-state index contributed by atoms with van der Waals surface area (Å²) in [6.07, 6.45) is 3.73. The number of hydrogen-bond acceptors (Lipinski definition) is 4. The Bertz CT molecular complexity index is 221. The first-order valence-electron chi connectivity index (χ1n) is 5.91. The van der Waals surface area contributed by atoms with Gasteiger partial charge in [-0.2, -0.15) is 0 Å². The van der Waals surface area contributed by atoms with Crippen molar-refractivity contribution < 1.29 is 15.0 Å². The SMILES string of the molecule is NCC1(C(=O)N(CCO)CCO)CCCC1. The number of rotatable bonds is 6. The molecule has 0 radical (unpaired) electrons. The van der Waals surface area contributed by atoms with E-state index in [0.717, 1.165) is 25.7 Å². The van der Waals surface area contributed by atoms with Gasteiger partial charge in [-0.25, -0.2) is 0 Å². The maximum absolute atomic E-state index is 12.3. The quantitative estimate of drug-likeness (QED) is 0.564. The lowest BCUT2D eigenvalue weighted by Gasteiger charge is -2.32. The summed E-state index contributed by atoms with van der Waals surface area (Å²) in [6.45, 7) is 0.764. The molecule has 5 nitrogen and oxygen atoms in total. The van der Waals surface area contributed by atoms with Crippen LogP contribution in [0.3, 0.4) is 0 Å². The first kappa shape index (κ1) is 13.4. The van der Waals surface area contributed by atoms with Crippen molar-refractivity contribution in [2.24, 2.45) is 11.1 Å². The predicted octanol–water partition coefficient (Wildman–Crippen LogP) is -0.681. The number of aliphatic hydroxyl groups is 2. The van der Waals surface area contributed by atoms with Crippen molar-refractivity contribution in [3.8, 4) is 0 Å². The maximum Gasteiger partial charge on any atom is 0.230 e. The number of nitrogens with zero attached hydrogens (tertiary/aromatic N) is 1. The van der Waals surface area contributed by atoms with Crippen LogP contribution in [-0.2, 0) is 4.79 Å². The minimum Gasteiger partial charge on any atom is -0.395 e. The van der Waals surface area contributed by atoms with Crippen LogP contribution in [0.25, 0.3) is 0 Å². The van der Waals surface area contributed by atoms with E-state index < -0.39 is 5.41 Å². The van der Waals surface area contributed by atoms with Crippen LogP contribution >= 0.6 is 0 Å². The normalized spacial score (nSPS) is 18.7. The Labute approximate surface area is 96.2 Å². The van der Waals surface area contributed by atoms with Crippen molar-refractivity contribution >= 4 is 5.91 Å². The van der Waals surface area contributed by atoms with Gasteiger partial charge in [0.05, 0.1) is 18.6 Å². The average molecular weight is 230 g/mol. The fourth-order valence-electron chi connectivity index (χ4n) is 2.45. The van der Waals surface area contributed by atoms with Crippen molar-refractivity contribution in [2.75, 3.05) is 32.8 Å². The summed E-state index contributed by atoms with van der Waals surface area (Å²) < 4.78 is 0. The molecular weight excluding hydrogens is 208 g/mol. The van der Waals surface area contributed by atoms with Gasteiger partial charge in [0.25, 0.3) is 0 Å². The second-order valence-corrected chi connectivity index (χ2v) is 4.43. The molecule has 4 N–H and O–H groups in total. The van der Waals surface area contributed by atoms with Crippen molar-refractivity contribution in [3.63, 3.8) is 0 Å². The highest BCUT2D eigenvalue weighted by molar-refractivity contribution is 5.83. The smallest absolute Gasteiger partial charge is 0.230 e. The molecule has 1 aliphatic rings. The van der Waals surface area contributed by atoms with Crippen LogP contribution in [0.5, 0.6) is 0 Å². The minimum absolute atomic E-state index is 0.00407. The minimum atomic E-state index is -0.440. The first-order chi connectivity index (χ1) is 7.70. The van der Waals surface area contributed by atoms with Crippen LogP contribution in [0.1, 0.15) is 25.7 Å². The molecule has 1 saturated carbocycles. The molecule has 0 atom stereocenters. The fraction of sp³-hybridized carbons (Fsp3) is 0.909. The third-order valence-corrected chi connectivity index (χ3v) is 3.43. The molecule has 16 heavy (non-hydrogen) atoms. The van der Waals surface area contributed by atoms with Crippen molar-refractivity contribution in [3.05, 3.63) is 0 Å². The summed E-state index contributed by atoms with van der Waals surface area (Å²) in [7, 11) is 0. The standard InChI is InChI=1S/C11H22N2O3/c12-9-11(3-1-2-4-11)10(16)13(5-7-14)6-8-15/h14-15H,1-9,12H2. The van der Waals surface area contributed by atoms with Crippen molar-refractivity contribution in [1.29, 1.82) is 0 Å². The lowest BCUT2D eigenvalue weighted by molar-refractivity contribution is -0.142. The Morgan fingerprint density at radius 3 is 2.06 bits per heavy atom. The lowest BCUT2D eigenvalue weighted by Crippen LogP contribution is -2.48. The molecule has 5 heteroatoms. The van der Waals surface area contributed by atoms with Gasteiger partial charge in [0.2, 0.25) is 5.91 Å². The van der Waals surface area contributed by atoms with Gasteiger partial charge in [-0.05, 0) is 12.8 Å². The molecule has 0 unspecified atom stereocenters. The summed E-state index contributed by atoms with van der Waals surface area (Å²) in [5, 5.41) is 17.8. The molecule has 1 aliphatic carbocycles. The van der Waals surface area contributed by atoms with E-state index in [1.54, 1.807) is 0 Å². The van der Waals surface area contributed by atoms with E-state index in [0.29, 0.717) is 6.54 Å². The number of aliphatic hydroxyl groups excluding tert-OH is 2. The molecule has 0 aromatic carbocycles. The number of carbonyl (C=O) groups excluding carboxylic acids is 1. The van der Waals surface area contributed by atoms with Gasteiger partial charge in [-0.15, -0.1) is 0 Å². The summed E-state index contributed by atoms with van der Waals surface area (Å²) in [5.41, 5.74) is 5.29. The zero-order valence-electron chi connectivity index (χ0n) is 9.69. The van der Waals surface area contributed by atoms with Gasteiger partial charge in [-0.3, -0.25) is 4.79 Å². The van der Waals surface area contributed by atoms with Gasteiger partial charge >= 0.3 is 0 Å². The second kappa shape index (κ2) is 6.18. The van der Waals surface area contributed by atoms with Crippen LogP contribution in [0, 0.1) is 5.41 Å². The van der Waals surface area contributed by atoms with Crippen LogP contribution < -0.4 is 5.73 Å². The topological polar surface area (TPSA) is 86.8 Å². The molecule has 0 aliphatic heterocycles. The van der Waals surface area contributed by atoms with Crippen LogP contribution in [-0.4, -0.2) is 53.9 Å². The van der Waals surface area contributed by atoms with E-state index >= 15 is 0 Å². The number of hydrogen-bond donors (Lipinski definition) is 3. The Balaban J connectivity index is 2.70. The van der Waals surface area contributed by atoms with Crippen LogP contribution in [0.15, 0.2) is 0 Å². The molecule has 0 spiro atoms. The van der Waals surface area contributed by atoms with E-state index in [9.17, 15) is 4.79 Å². The zero-order valence-corrected chi connectivity index (χ0v) is 9.69. The highest BCUT2D eigenvalue weighted by Gasteiger charge is 2.41. The van der Waals surface area contributed by atoms with Crippen molar-refractivity contribution in [2.45, 2.75) is 25.7 Å². The Morgan fingerprint density at radius 2 is 1.69 bits per heavy atom. The van der Waals surface area contributed by atoms with Gasteiger partial charge in [0, 0.05) is 19.6 Å². The Hall–Kier alpha value is -0.650. The Kier molecular flexibility index (Phi) is 5.18. The highest BCUT2D eigenvalue weighted by atomic mass is 16.3. The van der Waals surface area contributed by atoms with E-state index in [-0.39, 0.29) is 32.2 Å².